The lowest BCUT2D eigenvalue weighted by molar-refractivity contribution is 0.641. The van der Waals surface area contributed by atoms with Crippen LogP contribution in [0.15, 0.2) is 59.8 Å². The van der Waals surface area contributed by atoms with Crippen molar-refractivity contribution in [3.8, 4) is 11.4 Å². The molecule has 4 rings (SSSR count). The highest BCUT2D eigenvalue weighted by Crippen LogP contribution is 2.37. The van der Waals surface area contributed by atoms with E-state index < -0.39 is 0 Å². The first-order valence-corrected chi connectivity index (χ1v) is 10.3. The Hall–Kier alpha value is -3.11. The van der Waals surface area contributed by atoms with Crippen molar-refractivity contribution >= 4 is 29.1 Å². The number of anilines is 2. The quantitative estimate of drug-likeness (QED) is 0.380. The summed E-state index contributed by atoms with van der Waals surface area (Å²) < 4.78 is 0. The monoisotopic (exact) mass is 388 g/mol. The molecule has 0 N–H and O–H groups in total. The first-order chi connectivity index (χ1) is 13.8. The Balaban J connectivity index is 1.65. The van der Waals surface area contributed by atoms with E-state index in [-0.39, 0.29) is 0 Å². The van der Waals surface area contributed by atoms with Crippen molar-refractivity contribution in [3.05, 3.63) is 66.1 Å². The van der Waals surface area contributed by atoms with Gasteiger partial charge in [0.2, 0.25) is 0 Å². The Morgan fingerprint density at radius 3 is 2.29 bits per heavy atom. The molecule has 1 saturated heterocycles. The molecule has 1 aliphatic rings. The van der Waals surface area contributed by atoms with Gasteiger partial charge in [-0.05, 0) is 18.4 Å². The summed E-state index contributed by atoms with van der Waals surface area (Å²) in [7, 11) is 0. The summed E-state index contributed by atoms with van der Waals surface area (Å²) in [5.74, 6) is 2.39. The standard InChI is InChI=1S/C21H20N6S/c1-22-18-20(24-19(25-21(18)28-2)16-8-4-3-5-9-16)27-14-12-26(13-15-27)17-10-6-7-11-23-17/h3-11H,12-15H2,2H3. The number of piperazine rings is 1. The number of rotatable bonds is 4. The fraction of sp³-hybridized carbons (Fsp3) is 0.238. The zero-order valence-corrected chi connectivity index (χ0v) is 16.4. The molecule has 0 atom stereocenters. The molecular weight excluding hydrogens is 368 g/mol. The van der Waals surface area contributed by atoms with Gasteiger partial charge in [-0.15, -0.1) is 11.8 Å². The molecule has 3 aromatic rings. The Bertz CT molecular complexity index is 979. The van der Waals surface area contributed by atoms with Gasteiger partial charge in [0.25, 0.3) is 5.69 Å². The van der Waals surface area contributed by atoms with Crippen molar-refractivity contribution in [1.82, 2.24) is 15.0 Å². The summed E-state index contributed by atoms with van der Waals surface area (Å²) in [4.78, 5) is 22.1. The summed E-state index contributed by atoms with van der Waals surface area (Å²) in [5, 5.41) is 0.728. The second-order valence-corrected chi connectivity index (χ2v) is 7.16. The van der Waals surface area contributed by atoms with Crippen molar-refractivity contribution in [2.45, 2.75) is 5.03 Å². The van der Waals surface area contributed by atoms with Crippen LogP contribution in [-0.2, 0) is 0 Å². The first kappa shape index (κ1) is 18.3. The molecule has 0 radical (unpaired) electrons. The number of hydrogen-bond donors (Lipinski definition) is 0. The number of hydrogen-bond acceptors (Lipinski definition) is 6. The largest absolute Gasteiger partial charge is 0.362 e. The van der Waals surface area contributed by atoms with Gasteiger partial charge in [-0.25, -0.2) is 19.8 Å². The Kier molecular flexibility index (Phi) is 5.40. The summed E-state index contributed by atoms with van der Waals surface area (Å²) in [6.07, 6.45) is 3.77. The Morgan fingerprint density at radius 2 is 1.64 bits per heavy atom. The molecule has 0 amide bonds. The number of benzene rings is 1. The molecule has 1 aromatic carbocycles. The van der Waals surface area contributed by atoms with Gasteiger partial charge < -0.3 is 9.80 Å². The fourth-order valence-electron chi connectivity index (χ4n) is 3.29. The van der Waals surface area contributed by atoms with Gasteiger partial charge in [0.15, 0.2) is 5.82 Å². The number of pyridine rings is 1. The van der Waals surface area contributed by atoms with Crippen molar-refractivity contribution in [2.75, 3.05) is 42.2 Å². The molecule has 0 aliphatic carbocycles. The molecule has 7 heteroatoms. The Labute approximate surface area is 169 Å². The van der Waals surface area contributed by atoms with E-state index in [1.165, 1.54) is 11.8 Å². The van der Waals surface area contributed by atoms with E-state index in [0.29, 0.717) is 11.5 Å². The van der Waals surface area contributed by atoms with Crippen LogP contribution in [-0.4, -0.2) is 47.4 Å². The average molecular weight is 389 g/mol. The molecule has 1 fully saturated rings. The molecule has 0 bridgehead atoms. The molecule has 1 aliphatic heterocycles. The maximum absolute atomic E-state index is 7.68. The number of nitrogens with zero attached hydrogens (tertiary/aromatic N) is 6. The van der Waals surface area contributed by atoms with Gasteiger partial charge in [0.1, 0.15) is 16.7 Å². The lowest BCUT2D eigenvalue weighted by Gasteiger charge is -2.36. The molecule has 2 aromatic heterocycles. The zero-order valence-electron chi connectivity index (χ0n) is 15.6. The highest BCUT2D eigenvalue weighted by Gasteiger charge is 2.24. The highest BCUT2D eigenvalue weighted by atomic mass is 32.2. The highest BCUT2D eigenvalue weighted by molar-refractivity contribution is 7.98. The van der Waals surface area contributed by atoms with Crippen LogP contribution in [0.5, 0.6) is 0 Å². The fourth-order valence-corrected chi connectivity index (χ4v) is 3.80. The molecule has 3 heterocycles. The third kappa shape index (κ3) is 3.64. The maximum atomic E-state index is 7.68. The summed E-state index contributed by atoms with van der Waals surface area (Å²) in [5.41, 5.74) is 1.50. The molecule has 0 unspecified atom stereocenters. The lowest BCUT2D eigenvalue weighted by atomic mass is 10.2. The summed E-state index contributed by atoms with van der Waals surface area (Å²) >= 11 is 1.49. The minimum absolute atomic E-state index is 0.540. The van der Waals surface area contributed by atoms with E-state index in [4.69, 9.17) is 11.6 Å². The second-order valence-electron chi connectivity index (χ2n) is 6.37. The van der Waals surface area contributed by atoms with E-state index in [1.54, 1.807) is 0 Å². The molecule has 0 saturated carbocycles. The van der Waals surface area contributed by atoms with Crippen LogP contribution in [0, 0.1) is 6.57 Å². The third-order valence-electron chi connectivity index (χ3n) is 4.72. The van der Waals surface area contributed by atoms with Gasteiger partial charge in [0.05, 0.1) is 6.57 Å². The molecule has 0 spiro atoms. The lowest BCUT2D eigenvalue weighted by Crippen LogP contribution is -2.47. The van der Waals surface area contributed by atoms with E-state index in [9.17, 15) is 0 Å². The number of thioether (sulfide) groups is 1. The third-order valence-corrected chi connectivity index (χ3v) is 5.39. The van der Waals surface area contributed by atoms with E-state index in [1.807, 2.05) is 61.0 Å². The van der Waals surface area contributed by atoms with E-state index in [0.717, 1.165) is 48.4 Å². The topological polar surface area (TPSA) is 49.5 Å². The van der Waals surface area contributed by atoms with Gasteiger partial charge in [-0.3, -0.25) is 0 Å². The Morgan fingerprint density at radius 1 is 0.929 bits per heavy atom. The van der Waals surface area contributed by atoms with Crippen LogP contribution >= 0.6 is 11.8 Å². The van der Waals surface area contributed by atoms with Crippen molar-refractivity contribution in [1.29, 1.82) is 0 Å². The predicted octanol–water partition coefficient (Wildman–Crippen LogP) is 4.14. The first-order valence-electron chi connectivity index (χ1n) is 9.10. The van der Waals surface area contributed by atoms with Crippen molar-refractivity contribution in [3.63, 3.8) is 0 Å². The summed E-state index contributed by atoms with van der Waals surface area (Å²) in [6.45, 7) is 10.9. The van der Waals surface area contributed by atoms with Gasteiger partial charge in [-0.1, -0.05) is 36.4 Å². The van der Waals surface area contributed by atoms with Crippen LogP contribution in [0.4, 0.5) is 17.3 Å². The maximum Gasteiger partial charge on any atom is 0.259 e. The van der Waals surface area contributed by atoms with Crippen molar-refractivity contribution in [2.24, 2.45) is 0 Å². The van der Waals surface area contributed by atoms with Crippen LogP contribution in [0.3, 0.4) is 0 Å². The molecular formula is C21H20N6S. The SMILES string of the molecule is [C-]#[N+]c1c(SC)nc(-c2ccccc2)nc1N1CCN(c2ccccn2)CC1. The molecule has 28 heavy (non-hydrogen) atoms. The van der Waals surface area contributed by atoms with Crippen LogP contribution in [0.2, 0.25) is 0 Å². The molecule has 6 nitrogen and oxygen atoms in total. The van der Waals surface area contributed by atoms with Crippen LogP contribution in [0.1, 0.15) is 0 Å². The van der Waals surface area contributed by atoms with Crippen LogP contribution in [0.25, 0.3) is 16.2 Å². The normalized spacial score (nSPS) is 14.0. The van der Waals surface area contributed by atoms with Crippen molar-refractivity contribution < 1.29 is 0 Å². The number of aromatic nitrogens is 3. The second kappa shape index (κ2) is 8.28. The zero-order chi connectivity index (χ0) is 19.3. The smallest absolute Gasteiger partial charge is 0.259 e. The molecule has 140 valence electrons. The van der Waals surface area contributed by atoms with E-state index in [2.05, 4.69) is 24.6 Å². The predicted molar refractivity (Wildman–Crippen MR) is 114 cm³/mol. The van der Waals surface area contributed by atoms with Gasteiger partial charge in [-0.2, -0.15) is 0 Å². The summed E-state index contributed by atoms with van der Waals surface area (Å²) in [6, 6.07) is 15.9. The van der Waals surface area contributed by atoms with Gasteiger partial charge in [0, 0.05) is 37.9 Å². The van der Waals surface area contributed by atoms with Crippen LogP contribution < -0.4 is 9.80 Å². The average Bonchev–Trinajstić information content (AvgIpc) is 2.79. The van der Waals surface area contributed by atoms with Gasteiger partial charge >= 0.3 is 0 Å². The minimum atomic E-state index is 0.540. The van der Waals surface area contributed by atoms with E-state index >= 15 is 0 Å². The minimum Gasteiger partial charge on any atom is -0.362 e.